The standard InChI is InChI=1S/C19H24N4O3/c1-4-20-19(21-13-16-7-5-6-8-18(16)23(24)25)22(2)14-15-9-11-17(26-3)12-10-15/h5-12H,4,13-14H2,1-3H3,(H,20,21). The summed E-state index contributed by atoms with van der Waals surface area (Å²) in [6.45, 7) is 3.60. The molecule has 26 heavy (non-hydrogen) atoms. The van der Waals surface area contributed by atoms with Gasteiger partial charge in [-0.3, -0.25) is 10.1 Å². The van der Waals surface area contributed by atoms with Crippen LogP contribution in [0.5, 0.6) is 5.75 Å². The molecular weight excluding hydrogens is 332 g/mol. The summed E-state index contributed by atoms with van der Waals surface area (Å²) in [4.78, 5) is 17.3. The molecule has 0 aliphatic carbocycles. The summed E-state index contributed by atoms with van der Waals surface area (Å²) in [5.41, 5.74) is 1.79. The van der Waals surface area contributed by atoms with Crippen LogP contribution in [0.1, 0.15) is 18.1 Å². The predicted molar refractivity (Wildman–Crippen MR) is 102 cm³/mol. The lowest BCUT2D eigenvalue weighted by atomic mass is 10.2. The second kappa shape index (κ2) is 9.41. The van der Waals surface area contributed by atoms with Gasteiger partial charge in [0.2, 0.25) is 0 Å². The fourth-order valence-electron chi connectivity index (χ4n) is 2.53. The van der Waals surface area contributed by atoms with Gasteiger partial charge in [0, 0.05) is 26.2 Å². The van der Waals surface area contributed by atoms with E-state index in [9.17, 15) is 10.1 Å². The predicted octanol–water partition coefficient (Wildman–Crippen LogP) is 3.20. The smallest absolute Gasteiger partial charge is 0.274 e. The van der Waals surface area contributed by atoms with Gasteiger partial charge >= 0.3 is 0 Å². The van der Waals surface area contributed by atoms with Crippen molar-refractivity contribution in [1.82, 2.24) is 10.2 Å². The Hall–Kier alpha value is -3.09. The van der Waals surface area contributed by atoms with Gasteiger partial charge in [0.1, 0.15) is 5.75 Å². The quantitative estimate of drug-likeness (QED) is 0.357. The molecule has 0 saturated heterocycles. The Balaban J connectivity index is 2.13. The first-order valence-corrected chi connectivity index (χ1v) is 8.39. The molecule has 0 bridgehead atoms. The Labute approximate surface area is 153 Å². The highest BCUT2D eigenvalue weighted by atomic mass is 16.6. The van der Waals surface area contributed by atoms with Crippen LogP contribution in [0.25, 0.3) is 0 Å². The van der Waals surface area contributed by atoms with E-state index in [0.717, 1.165) is 11.3 Å². The number of guanidine groups is 1. The van der Waals surface area contributed by atoms with Crippen LogP contribution >= 0.6 is 0 Å². The van der Waals surface area contributed by atoms with Gasteiger partial charge in [0.25, 0.3) is 5.69 Å². The Bertz CT molecular complexity index is 760. The molecule has 0 fully saturated rings. The molecule has 0 aliphatic heterocycles. The van der Waals surface area contributed by atoms with Gasteiger partial charge in [-0.05, 0) is 24.6 Å². The lowest BCUT2D eigenvalue weighted by Crippen LogP contribution is -2.38. The summed E-state index contributed by atoms with van der Waals surface area (Å²) < 4.78 is 5.17. The number of para-hydroxylation sites is 1. The Morgan fingerprint density at radius 3 is 2.54 bits per heavy atom. The van der Waals surface area contributed by atoms with Crippen LogP contribution in [-0.2, 0) is 13.1 Å². The van der Waals surface area contributed by atoms with Crippen molar-refractivity contribution in [3.8, 4) is 5.75 Å². The largest absolute Gasteiger partial charge is 0.497 e. The molecule has 0 aromatic heterocycles. The molecule has 0 unspecified atom stereocenters. The second-order valence-corrected chi connectivity index (χ2v) is 5.76. The number of nitrogens with one attached hydrogen (secondary N) is 1. The molecular formula is C19H24N4O3. The summed E-state index contributed by atoms with van der Waals surface area (Å²) in [5.74, 6) is 1.51. The van der Waals surface area contributed by atoms with Crippen LogP contribution in [-0.4, -0.2) is 36.5 Å². The van der Waals surface area contributed by atoms with E-state index < -0.39 is 0 Å². The summed E-state index contributed by atoms with van der Waals surface area (Å²) in [6.07, 6.45) is 0. The van der Waals surface area contributed by atoms with Crippen molar-refractivity contribution >= 4 is 11.6 Å². The zero-order valence-electron chi connectivity index (χ0n) is 15.3. The molecule has 1 N–H and O–H groups in total. The van der Waals surface area contributed by atoms with Crippen molar-refractivity contribution < 1.29 is 9.66 Å². The van der Waals surface area contributed by atoms with E-state index >= 15 is 0 Å². The van der Waals surface area contributed by atoms with E-state index in [2.05, 4.69) is 10.3 Å². The first-order valence-electron chi connectivity index (χ1n) is 8.39. The highest BCUT2D eigenvalue weighted by Gasteiger charge is 2.13. The zero-order valence-corrected chi connectivity index (χ0v) is 15.3. The van der Waals surface area contributed by atoms with E-state index in [4.69, 9.17) is 4.74 Å². The number of hydrogen-bond donors (Lipinski definition) is 1. The highest BCUT2D eigenvalue weighted by Crippen LogP contribution is 2.18. The average molecular weight is 356 g/mol. The molecule has 0 amide bonds. The van der Waals surface area contributed by atoms with Crippen molar-refractivity contribution in [3.63, 3.8) is 0 Å². The van der Waals surface area contributed by atoms with E-state index in [1.807, 2.05) is 43.1 Å². The van der Waals surface area contributed by atoms with Gasteiger partial charge in [0.15, 0.2) is 5.96 Å². The molecule has 138 valence electrons. The van der Waals surface area contributed by atoms with E-state index in [1.54, 1.807) is 25.3 Å². The minimum absolute atomic E-state index is 0.0879. The third kappa shape index (κ3) is 5.20. The first-order chi connectivity index (χ1) is 12.5. The van der Waals surface area contributed by atoms with Crippen molar-refractivity contribution in [2.24, 2.45) is 4.99 Å². The number of rotatable bonds is 7. The fraction of sp³-hybridized carbons (Fsp3) is 0.316. The number of methoxy groups -OCH3 is 1. The van der Waals surface area contributed by atoms with Crippen molar-refractivity contribution in [1.29, 1.82) is 0 Å². The molecule has 0 spiro atoms. The normalized spacial score (nSPS) is 11.1. The van der Waals surface area contributed by atoms with Crippen LogP contribution in [0.2, 0.25) is 0 Å². The first kappa shape index (κ1) is 19.2. The van der Waals surface area contributed by atoms with Crippen LogP contribution in [0, 0.1) is 10.1 Å². The Kier molecular flexibility index (Phi) is 6.96. The van der Waals surface area contributed by atoms with Crippen LogP contribution in [0.3, 0.4) is 0 Å². The molecule has 2 rings (SSSR count). The number of hydrogen-bond acceptors (Lipinski definition) is 4. The topological polar surface area (TPSA) is 80.0 Å². The lowest BCUT2D eigenvalue weighted by Gasteiger charge is -2.22. The molecule has 0 aliphatic rings. The van der Waals surface area contributed by atoms with Crippen molar-refractivity contribution in [2.75, 3.05) is 20.7 Å². The number of ether oxygens (including phenoxy) is 1. The molecule has 7 nitrogen and oxygen atoms in total. The van der Waals surface area contributed by atoms with E-state index in [0.29, 0.717) is 24.6 Å². The zero-order chi connectivity index (χ0) is 18.9. The number of nitrogens with zero attached hydrogens (tertiary/aromatic N) is 3. The van der Waals surface area contributed by atoms with Gasteiger partial charge in [-0.25, -0.2) is 4.99 Å². The Morgan fingerprint density at radius 1 is 1.23 bits per heavy atom. The van der Waals surface area contributed by atoms with Crippen LogP contribution in [0.4, 0.5) is 5.69 Å². The van der Waals surface area contributed by atoms with Crippen LogP contribution < -0.4 is 10.1 Å². The average Bonchev–Trinajstić information content (AvgIpc) is 2.65. The maximum atomic E-state index is 11.1. The van der Waals surface area contributed by atoms with E-state index in [-0.39, 0.29) is 17.2 Å². The SMILES string of the molecule is CCNC(=NCc1ccccc1[N+](=O)[O-])N(C)Cc1ccc(OC)cc1. The number of aliphatic imine (C=N–C) groups is 1. The molecule has 0 radical (unpaired) electrons. The molecule has 0 atom stereocenters. The lowest BCUT2D eigenvalue weighted by molar-refractivity contribution is -0.385. The maximum absolute atomic E-state index is 11.1. The second-order valence-electron chi connectivity index (χ2n) is 5.76. The van der Waals surface area contributed by atoms with Gasteiger partial charge < -0.3 is 15.0 Å². The molecule has 2 aromatic carbocycles. The summed E-state index contributed by atoms with van der Waals surface area (Å²) in [5, 5.41) is 14.4. The summed E-state index contributed by atoms with van der Waals surface area (Å²) in [6, 6.07) is 14.5. The number of benzene rings is 2. The monoisotopic (exact) mass is 356 g/mol. The highest BCUT2D eigenvalue weighted by molar-refractivity contribution is 5.79. The molecule has 0 saturated carbocycles. The van der Waals surface area contributed by atoms with Gasteiger partial charge in [-0.1, -0.05) is 30.3 Å². The van der Waals surface area contributed by atoms with E-state index in [1.165, 1.54) is 6.07 Å². The third-order valence-corrected chi connectivity index (χ3v) is 3.86. The molecule has 0 heterocycles. The molecule has 2 aromatic rings. The fourth-order valence-corrected chi connectivity index (χ4v) is 2.53. The number of nitro groups is 1. The van der Waals surface area contributed by atoms with Gasteiger partial charge in [-0.2, -0.15) is 0 Å². The van der Waals surface area contributed by atoms with Crippen molar-refractivity contribution in [2.45, 2.75) is 20.0 Å². The minimum Gasteiger partial charge on any atom is -0.497 e. The molecule has 7 heteroatoms. The summed E-state index contributed by atoms with van der Waals surface area (Å²) >= 11 is 0. The van der Waals surface area contributed by atoms with Gasteiger partial charge in [-0.15, -0.1) is 0 Å². The van der Waals surface area contributed by atoms with Crippen molar-refractivity contribution in [3.05, 3.63) is 69.8 Å². The minimum atomic E-state index is -0.376. The maximum Gasteiger partial charge on any atom is 0.274 e. The van der Waals surface area contributed by atoms with Gasteiger partial charge in [0.05, 0.1) is 24.1 Å². The Morgan fingerprint density at radius 2 is 1.92 bits per heavy atom. The number of nitro benzene ring substituents is 1. The summed E-state index contributed by atoms with van der Waals surface area (Å²) in [7, 11) is 3.57. The third-order valence-electron chi connectivity index (χ3n) is 3.86. The van der Waals surface area contributed by atoms with Crippen LogP contribution in [0.15, 0.2) is 53.5 Å².